The van der Waals surface area contributed by atoms with Crippen LogP contribution in [-0.4, -0.2) is 15.9 Å². The molecule has 0 aliphatic heterocycles. The maximum Gasteiger partial charge on any atom is 0.291 e. The van der Waals surface area contributed by atoms with Gasteiger partial charge in [0, 0.05) is 24.1 Å². The number of benzene rings is 1. The first kappa shape index (κ1) is 10.3. The fourth-order valence-corrected chi connectivity index (χ4v) is 1.15. The summed E-state index contributed by atoms with van der Waals surface area (Å²) in [5.41, 5.74) is 0.167. The SMILES string of the molecule is O=C(Nc1ccc(F)c(F)c1)c1ncc[nH]1. The molecule has 1 aromatic carbocycles. The summed E-state index contributed by atoms with van der Waals surface area (Å²) in [5.74, 6) is -2.39. The van der Waals surface area contributed by atoms with Crippen molar-refractivity contribution in [2.45, 2.75) is 0 Å². The van der Waals surface area contributed by atoms with Crippen molar-refractivity contribution >= 4 is 11.6 Å². The van der Waals surface area contributed by atoms with Crippen LogP contribution in [0.3, 0.4) is 0 Å². The largest absolute Gasteiger partial charge is 0.341 e. The Bertz CT molecular complexity index is 511. The Morgan fingerprint density at radius 2 is 2.12 bits per heavy atom. The molecule has 0 saturated heterocycles. The van der Waals surface area contributed by atoms with E-state index < -0.39 is 17.5 Å². The topological polar surface area (TPSA) is 57.8 Å². The molecule has 0 aliphatic carbocycles. The van der Waals surface area contributed by atoms with E-state index in [1.165, 1.54) is 18.5 Å². The van der Waals surface area contributed by atoms with Crippen LogP contribution in [0.25, 0.3) is 0 Å². The predicted molar refractivity (Wildman–Crippen MR) is 52.9 cm³/mol. The van der Waals surface area contributed by atoms with Crippen LogP contribution >= 0.6 is 0 Å². The number of rotatable bonds is 2. The fourth-order valence-electron chi connectivity index (χ4n) is 1.15. The van der Waals surface area contributed by atoms with E-state index in [-0.39, 0.29) is 11.5 Å². The van der Waals surface area contributed by atoms with Gasteiger partial charge in [-0.05, 0) is 12.1 Å². The smallest absolute Gasteiger partial charge is 0.291 e. The Balaban J connectivity index is 2.15. The number of anilines is 1. The Morgan fingerprint density at radius 1 is 1.31 bits per heavy atom. The summed E-state index contributed by atoms with van der Waals surface area (Å²) in [6.45, 7) is 0. The molecule has 0 unspecified atom stereocenters. The Morgan fingerprint density at radius 3 is 2.75 bits per heavy atom. The number of carbonyl (C=O) groups is 1. The van der Waals surface area contributed by atoms with Crippen molar-refractivity contribution in [3.63, 3.8) is 0 Å². The summed E-state index contributed by atoms with van der Waals surface area (Å²) < 4.78 is 25.4. The van der Waals surface area contributed by atoms with E-state index in [4.69, 9.17) is 0 Å². The zero-order chi connectivity index (χ0) is 11.5. The molecular weight excluding hydrogens is 216 g/mol. The molecule has 1 aromatic heterocycles. The van der Waals surface area contributed by atoms with E-state index in [1.807, 2.05) is 0 Å². The molecule has 4 nitrogen and oxygen atoms in total. The van der Waals surface area contributed by atoms with Crippen LogP contribution < -0.4 is 5.32 Å². The highest BCUT2D eigenvalue weighted by molar-refractivity contribution is 6.01. The lowest BCUT2D eigenvalue weighted by atomic mass is 10.3. The summed E-state index contributed by atoms with van der Waals surface area (Å²) in [4.78, 5) is 17.8. The van der Waals surface area contributed by atoms with Crippen LogP contribution in [0.15, 0.2) is 30.6 Å². The molecule has 0 radical (unpaired) electrons. The zero-order valence-electron chi connectivity index (χ0n) is 8.00. The van der Waals surface area contributed by atoms with Gasteiger partial charge in [-0.1, -0.05) is 0 Å². The third-order valence-electron chi connectivity index (χ3n) is 1.89. The Labute approximate surface area is 89.3 Å². The van der Waals surface area contributed by atoms with Gasteiger partial charge in [0.25, 0.3) is 5.91 Å². The molecule has 2 aromatic rings. The summed E-state index contributed by atoms with van der Waals surface area (Å²) in [6.07, 6.45) is 2.90. The van der Waals surface area contributed by atoms with Crippen LogP contribution in [0.4, 0.5) is 14.5 Å². The second-order valence-corrected chi connectivity index (χ2v) is 3.02. The number of halogens is 2. The second-order valence-electron chi connectivity index (χ2n) is 3.02. The summed E-state index contributed by atoms with van der Waals surface area (Å²) in [5, 5.41) is 2.37. The van der Waals surface area contributed by atoms with E-state index in [0.29, 0.717) is 0 Å². The Kier molecular flexibility index (Phi) is 2.63. The molecule has 1 amide bonds. The summed E-state index contributed by atoms with van der Waals surface area (Å²) in [7, 11) is 0. The number of imidazole rings is 1. The second kappa shape index (κ2) is 4.09. The third-order valence-corrected chi connectivity index (χ3v) is 1.89. The standard InChI is InChI=1S/C10H7F2N3O/c11-7-2-1-6(5-8(7)12)15-10(16)9-13-3-4-14-9/h1-5H,(H,13,14)(H,15,16). The zero-order valence-corrected chi connectivity index (χ0v) is 8.00. The van der Waals surface area contributed by atoms with Crippen LogP contribution in [0.2, 0.25) is 0 Å². The molecule has 0 bridgehead atoms. The molecule has 6 heteroatoms. The number of amides is 1. The van der Waals surface area contributed by atoms with Crippen molar-refractivity contribution < 1.29 is 13.6 Å². The maximum atomic E-state index is 12.8. The average molecular weight is 223 g/mol. The highest BCUT2D eigenvalue weighted by Gasteiger charge is 2.09. The molecular formula is C10H7F2N3O. The minimum Gasteiger partial charge on any atom is -0.341 e. The van der Waals surface area contributed by atoms with E-state index in [9.17, 15) is 13.6 Å². The molecule has 0 aliphatic rings. The number of aromatic amines is 1. The number of carbonyl (C=O) groups excluding carboxylic acids is 1. The minimum atomic E-state index is -1.02. The molecule has 2 N–H and O–H groups in total. The van der Waals surface area contributed by atoms with Crippen molar-refractivity contribution in [1.82, 2.24) is 9.97 Å². The molecule has 2 rings (SSSR count). The van der Waals surface area contributed by atoms with Crippen LogP contribution in [-0.2, 0) is 0 Å². The van der Waals surface area contributed by atoms with Gasteiger partial charge in [-0.3, -0.25) is 4.79 Å². The van der Waals surface area contributed by atoms with Gasteiger partial charge in [0.05, 0.1) is 0 Å². The molecule has 16 heavy (non-hydrogen) atoms. The molecule has 0 fully saturated rings. The lowest BCUT2D eigenvalue weighted by Crippen LogP contribution is -2.13. The van der Waals surface area contributed by atoms with Crippen molar-refractivity contribution in [1.29, 1.82) is 0 Å². The number of hydrogen-bond acceptors (Lipinski definition) is 2. The monoisotopic (exact) mass is 223 g/mol. The van der Waals surface area contributed by atoms with Gasteiger partial charge in [0.2, 0.25) is 0 Å². The first-order valence-corrected chi connectivity index (χ1v) is 4.42. The van der Waals surface area contributed by atoms with Crippen LogP contribution in [0, 0.1) is 11.6 Å². The van der Waals surface area contributed by atoms with Gasteiger partial charge in [0.15, 0.2) is 17.5 Å². The highest BCUT2D eigenvalue weighted by atomic mass is 19.2. The van der Waals surface area contributed by atoms with Crippen molar-refractivity contribution in [2.75, 3.05) is 5.32 Å². The third kappa shape index (κ3) is 2.05. The Hall–Kier alpha value is -2.24. The first-order chi connectivity index (χ1) is 7.66. The quantitative estimate of drug-likeness (QED) is 0.817. The summed E-state index contributed by atoms with van der Waals surface area (Å²) in [6, 6.07) is 3.10. The predicted octanol–water partition coefficient (Wildman–Crippen LogP) is 1.94. The first-order valence-electron chi connectivity index (χ1n) is 4.42. The number of H-pyrrole nitrogens is 1. The van der Waals surface area contributed by atoms with Gasteiger partial charge in [-0.15, -0.1) is 0 Å². The van der Waals surface area contributed by atoms with Crippen molar-refractivity contribution in [3.05, 3.63) is 48.1 Å². The van der Waals surface area contributed by atoms with Crippen molar-refractivity contribution in [3.8, 4) is 0 Å². The average Bonchev–Trinajstić information content (AvgIpc) is 2.77. The van der Waals surface area contributed by atoms with Gasteiger partial charge >= 0.3 is 0 Å². The molecule has 0 atom stereocenters. The molecule has 1 heterocycles. The van der Waals surface area contributed by atoms with Gasteiger partial charge < -0.3 is 10.3 Å². The lowest BCUT2D eigenvalue weighted by molar-refractivity contribution is 0.101. The fraction of sp³-hybridized carbons (Fsp3) is 0. The van der Waals surface area contributed by atoms with Gasteiger partial charge in [0.1, 0.15) is 0 Å². The van der Waals surface area contributed by atoms with Crippen LogP contribution in [0.1, 0.15) is 10.6 Å². The van der Waals surface area contributed by atoms with E-state index in [0.717, 1.165) is 12.1 Å². The van der Waals surface area contributed by atoms with Crippen LogP contribution in [0.5, 0.6) is 0 Å². The molecule has 82 valence electrons. The molecule has 0 spiro atoms. The van der Waals surface area contributed by atoms with E-state index in [2.05, 4.69) is 15.3 Å². The number of nitrogens with one attached hydrogen (secondary N) is 2. The van der Waals surface area contributed by atoms with Gasteiger partial charge in [-0.25, -0.2) is 13.8 Å². The number of nitrogens with zero attached hydrogens (tertiary/aromatic N) is 1. The maximum absolute atomic E-state index is 12.8. The summed E-state index contributed by atoms with van der Waals surface area (Å²) >= 11 is 0. The highest BCUT2D eigenvalue weighted by Crippen LogP contribution is 2.13. The van der Waals surface area contributed by atoms with Crippen molar-refractivity contribution in [2.24, 2.45) is 0 Å². The number of aromatic nitrogens is 2. The lowest BCUT2D eigenvalue weighted by Gasteiger charge is -2.03. The molecule has 0 saturated carbocycles. The van der Waals surface area contributed by atoms with Gasteiger partial charge in [-0.2, -0.15) is 0 Å². The minimum absolute atomic E-state index is 0.102. The normalized spacial score (nSPS) is 10.1. The number of hydrogen-bond donors (Lipinski definition) is 2. The van der Waals surface area contributed by atoms with E-state index in [1.54, 1.807) is 0 Å². The van der Waals surface area contributed by atoms with E-state index >= 15 is 0 Å².